The van der Waals surface area contributed by atoms with Crippen molar-refractivity contribution in [1.29, 1.82) is 0 Å². The highest BCUT2D eigenvalue weighted by Crippen LogP contribution is 2.10. The molecule has 24 heavy (non-hydrogen) atoms. The van der Waals surface area contributed by atoms with Gasteiger partial charge in [0.25, 0.3) is 0 Å². The molecule has 0 saturated carbocycles. The van der Waals surface area contributed by atoms with Crippen molar-refractivity contribution in [3.63, 3.8) is 0 Å². The number of aryl methyl sites for hydroxylation is 1. The normalized spacial score (nSPS) is 10.3. The number of hydrogen-bond acceptors (Lipinski definition) is 5. The highest BCUT2D eigenvalue weighted by Gasteiger charge is 1.99. The zero-order valence-electron chi connectivity index (χ0n) is 13.5. The molecule has 3 rings (SSSR count). The molecule has 5 heteroatoms. The predicted molar refractivity (Wildman–Crippen MR) is 96.8 cm³/mol. The van der Waals surface area contributed by atoms with E-state index in [-0.39, 0.29) is 0 Å². The Balaban J connectivity index is 1.45. The van der Waals surface area contributed by atoms with E-state index in [4.69, 9.17) is 0 Å². The summed E-state index contributed by atoms with van der Waals surface area (Å²) >= 11 is 0. The Morgan fingerprint density at radius 2 is 1.62 bits per heavy atom. The van der Waals surface area contributed by atoms with E-state index >= 15 is 0 Å². The third kappa shape index (κ3) is 5.05. The molecule has 1 aromatic carbocycles. The van der Waals surface area contributed by atoms with Gasteiger partial charge in [-0.1, -0.05) is 36.4 Å². The summed E-state index contributed by atoms with van der Waals surface area (Å²) in [5, 5.41) is 6.64. The second-order valence-electron chi connectivity index (χ2n) is 5.52. The first-order valence-electron chi connectivity index (χ1n) is 8.13. The van der Waals surface area contributed by atoms with Crippen LogP contribution in [-0.4, -0.2) is 21.5 Å². The number of nitrogens with zero attached hydrogens (tertiary/aromatic N) is 3. The summed E-state index contributed by atoms with van der Waals surface area (Å²) in [5.74, 6) is 1.64. The molecule has 0 atom stereocenters. The smallest absolute Gasteiger partial charge is 0.131 e. The number of aromatic nitrogens is 3. The molecule has 2 N–H and O–H groups in total. The third-order valence-corrected chi connectivity index (χ3v) is 3.65. The third-order valence-electron chi connectivity index (χ3n) is 3.65. The van der Waals surface area contributed by atoms with Gasteiger partial charge in [0.05, 0.1) is 0 Å². The standard InChI is InChI=1S/C19H21N5/c1-2-6-16(7-3-1)8-5-11-21-18-12-19(24-15-23-18)22-14-17-9-4-10-20-13-17/h1-4,6-7,9-10,12-13,15H,5,8,11,14H2,(H2,21,22,23,24). The summed E-state index contributed by atoms with van der Waals surface area (Å²) in [6.07, 6.45) is 7.31. The fourth-order valence-corrected chi connectivity index (χ4v) is 2.40. The lowest BCUT2D eigenvalue weighted by molar-refractivity contribution is 0.858. The van der Waals surface area contributed by atoms with Crippen LogP contribution < -0.4 is 10.6 Å². The number of hydrogen-bond donors (Lipinski definition) is 2. The van der Waals surface area contributed by atoms with Gasteiger partial charge in [-0.2, -0.15) is 0 Å². The number of nitrogens with one attached hydrogen (secondary N) is 2. The molecular formula is C19H21N5. The molecule has 0 saturated heterocycles. The Kier molecular flexibility index (Phi) is 5.72. The first kappa shape index (κ1) is 15.9. The molecule has 0 spiro atoms. The van der Waals surface area contributed by atoms with E-state index in [0.717, 1.165) is 36.6 Å². The summed E-state index contributed by atoms with van der Waals surface area (Å²) in [6, 6.07) is 16.4. The Hall–Kier alpha value is -2.95. The maximum atomic E-state index is 4.26. The SMILES string of the molecule is c1ccc(CCCNc2cc(NCc3cccnc3)ncn2)cc1. The topological polar surface area (TPSA) is 62.7 Å². The lowest BCUT2D eigenvalue weighted by Gasteiger charge is -2.08. The van der Waals surface area contributed by atoms with Crippen molar-refractivity contribution in [3.05, 3.63) is 78.4 Å². The monoisotopic (exact) mass is 319 g/mol. The lowest BCUT2D eigenvalue weighted by Crippen LogP contribution is -2.07. The van der Waals surface area contributed by atoms with E-state index < -0.39 is 0 Å². The van der Waals surface area contributed by atoms with Gasteiger partial charge in [-0.05, 0) is 30.0 Å². The van der Waals surface area contributed by atoms with Crippen LogP contribution >= 0.6 is 0 Å². The van der Waals surface area contributed by atoms with Gasteiger partial charge < -0.3 is 10.6 Å². The van der Waals surface area contributed by atoms with Gasteiger partial charge in [0.1, 0.15) is 18.0 Å². The molecule has 0 aliphatic carbocycles. The van der Waals surface area contributed by atoms with E-state index in [1.807, 2.05) is 30.5 Å². The molecule has 0 bridgehead atoms. The Morgan fingerprint density at radius 1 is 0.833 bits per heavy atom. The van der Waals surface area contributed by atoms with Gasteiger partial charge in [0.2, 0.25) is 0 Å². The van der Waals surface area contributed by atoms with Crippen LogP contribution in [0.3, 0.4) is 0 Å². The molecular weight excluding hydrogens is 298 g/mol. The van der Waals surface area contributed by atoms with Crippen molar-refractivity contribution >= 4 is 11.6 Å². The van der Waals surface area contributed by atoms with E-state index in [2.05, 4.69) is 49.9 Å². The summed E-state index contributed by atoms with van der Waals surface area (Å²) in [7, 11) is 0. The molecule has 3 aromatic rings. The van der Waals surface area contributed by atoms with Gasteiger partial charge in [0.15, 0.2) is 0 Å². The van der Waals surface area contributed by atoms with Gasteiger partial charge in [-0.3, -0.25) is 4.98 Å². The maximum Gasteiger partial charge on any atom is 0.131 e. The minimum Gasteiger partial charge on any atom is -0.370 e. The molecule has 0 radical (unpaired) electrons. The van der Waals surface area contributed by atoms with Gasteiger partial charge in [-0.25, -0.2) is 9.97 Å². The fourth-order valence-electron chi connectivity index (χ4n) is 2.40. The quantitative estimate of drug-likeness (QED) is 0.622. The van der Waals surface area contributed by atoms with Crippen molar-refractivity contribution in [1.82, 2.24) is 15.0 Å². The highest BCUT2D eigenvalue weighted by atomic mass is 15.1. The zero-order valence-corrected chi connectivity index (χ0v) is 13.5. The van der Waals surface area contributed by atoms with Gasteiger partial charge in [-0.15, -0.1) is 0 Å². The van der Waals surface area contributed by atoms with Crippen LogP contribution in [0.1, 0.15) is 17.5 Å². The second-order valence-corrected chi connectivity index (χ2v) is 5.52. The first-order chi connectivity index (χ1) is 11.9. The van der Waals surface area contributed by atoms with Gasteiger partial charge >= 0.3 is 0 Å². The van der Waals surface area contributed by atoms with Crippen LogP contribution in [0.4, 0.5) is 11.6 Å². The summed E-state index contributed by atoms with van der Waals surface area (Å²) in [6.45, 7) is 1.58. The predicted octanol–water partition coefficient (Wildman–Crippen LogP) is 3.53. The molecule has 0 unspecified atom stereocenters. The van der Waals surface area contributed by atoms with Crippen LogP contribution in [0.2, 0.25) is 0 Å². The maximum absolute atomic E-state index is 4.26. The second kappa shape index (κ2) is 8.62. The number of benzene rings is 1. The largest absolute Gasteiger partial charge is 0.370 e. The van der Waals surface area contributed by atoms with Crippen LogP contribution in [0.15, 0.2) is 67.3 Å². The van der Waals surface area contributed by atoms with Crippen LogP contribution in [-0.2, 0) is 13.0 Å². The lowest BCUT2D eigenvalue weighted by atomic mass is 10.1. The molecule has 5 nitrogen and oxygen atoms in total. The number of rotatable bonds is 8. The van der Waals surface area contributed by atoms with Crippen molar-refractivity contribution in [3.8, 4) is 0 Å². The average Bonchev–Trinajstić information content (AvgIpc) is 2.66. The Morgan fingerprint density at radius 3 is 2.42 bits per heavy atom. The number of anilines is 2. The van der Waals surface area contributed by atoms with Crippen LogP contribution in [0.25, 0.3) is 0 Å². The van der Waals surface area contributed by atoms with Crippen LogP contribution in [0, 0.1) is 0 Å². The molecule has 0 aliphatic rings. The minimum atomic E-state index is 0.693. The van der Waals surface area contributed by atoms with E-state index in [1.54, 1.807) is 12.5 Å². The van der Waals surface area contributed by atoms with E-state index in [9.17, 15) is 0 Å². The molecule has 2 heterocycles. The molecule has 2 aromatic heterocycles. The van der Waals surface area contributed by atoms with Crippen molar-refractivity contribution < 1.29 is 0 Å². The molecule has 0 aliphatic heterocycles. The summed E-state index contributed by atoms with van der Waals surface area (Å²) < 4.78 is 0. The Labute approximate surface area is 142 Å². The highest BCUT2D eigenvalue weighted by molar-refractivity contribution is 5.46. The van der Waals surface area contributed by atoms with E-state index in [0.29, 0.717) is 6.54 Å². The van der Waals surface area contributed by atoms with Crippen LogP contribution in [0.5, 0.6) is 0 Å². The summed E-state index contributed by atoms with van der Waals surface area (Å²) in [4.78, 5) is 12.6. The first-order valence-corrected chi connectivity index (χ1v) is 8.13. The van der Waals surface area contributed by atoms with E-state index in [1.165, 1.54) is 5.56 Å². The molecule has 122 valence electrons. The zero-order chi connectivity index (χ0) is 16.5. The van der Waals surface area contributed by atoms with Crippen molar-refractivity contribution in [2.24, 2.45) is 0 Å². The van der Waals surface area contributed by atoms with Crippen molar-refractivity contribution in [2.75, 3.05) is 17.2 Å². The van der Waals surface area contributed by atoms with Crippen molar-refractivity contribution in [2.45, 2.75) is 19.4 Å². The Bertz CT molecular complexity index is 731. The number of pyridine rings is 1. The minimum absolute atomic E-state index is 0.693. The molecule has 0 amide bonds. The average molecular weight is 319 g/mol. The molecule has 0 fully saturated rings. The van der Waals surface area contributed by atoms with Gasteiger partial charge in [0, 0.05) is 31.5 Å². The summed E-state index contributed by atoms with van der Waals surface area (Å²) in [5.41, 5.74) is 2.48. The fraction of sp³-hybridized carbons (Fsp3) is 0.211.